The fourth-order valence-electron chi connectivity index (χ4n) is 2.98. The number of aryl methyl sites for hydroxylation is 2. The van der Waals surface area contributed by atoms with Crippen molar-refractivity contribution in [3.8, 4) is 5.75 Å². The van der Waals surface area contributed by atoms with Crippen LogP contribution < -0.4 is 4.74 Å². The summed E-state index contributed by atoms with van der Waals surface area (Å²) in [5.74, 6) is 0.886. The highest BCUT2D eigenvalue weighted by Gasteiger charge is 2.34. The molecule has 1 amide bonds. The Kier molecular flexibility index (Phi) is 4.80. The maximum atomic E-state index is 12.8. The molecule has 5 nitrogen and oxygen atoms in total. The van der Waals surface area contributed by atoms with Crippen LogP contribution in [0.15, 0.2) is 12.1 Å². The molecular weight excluding hydrogens is 302 g/mol. The van der Waals surface area contributed by atoms with E-state index in [0.717, 1.165) is 16.9 Å². The number of hydrogen-bond donors (Lipinski definition) is 0. The molecule has 0 bridgehead atoms. The van der Waals surface area contributed by atoms with Crippen molar-refractivity contribution in [2.75, 3.05) is 25.2 Å². The zero-order valence-corrected chi connectivity index (χ0v) is 14.4. The molecule has 1 saturated heterocycles. The van der Waals surface area contributed by atoms with Gasteiger partial charge in [0.25, 0.3) is 5.91 Å². The van der Waals surface area contributed by atoms with Gasteiger partial charge in [0.15, 0.2) is 9.84 Å². The van der Waals surface area contributed by atoms with Gasteiger partial charge in [-0.1, -0.05) is 0 Å². The Morgan fingerprint density at radius 2 is 2.00 bits per heavy atom. The highest BCUT2D eigenvalue weighted by molar-refractivity contribution is 7.91. The molecule has 22 heavy (non-hydrogen) atoms. The summed E-state index contributed by atoms with van der Waals surface area (Å²) in [5, 5.41) is 0. The van der Waals surface area contributed by atoms with Gasteiger partial charge in [0.05, 0.1) is 18.6 Å². The Hall–Kier alpha value is -1.56. The number of methoxy groups -OCH3 is 1. The first kappa shape index (κ1) is 16.8. The Morgan fingerprint density at radius 3 is 2.50 bits per heavy atom. The first-order valence-corrected chi connectivity index (χ1v) is 9.27. The molecule has 1 aliphatic heterocycles. The summed E-state index contributed by atoms with van der Waals surface area (Å²) < 4.78 is 28.6. The zero-order valence-electron chi connectivity index (χ0n) is 13.5. The molecule has 1 heterocycles. The Bertz CT molecular complexity index is 682. The van der Waals surface area contributed by atoms with E-state index in [9.17, 15) is 13.2 Å². The fraction of sp³-hybridized carbons (Fsp3) is 0.562. The average Bonchev–Trinajstić information content (AvgIpc) is 2.81. The zero-order chi connectivity index (χ0) is 16.5. The van der Waals surface area contributed by atoms with Crippen LogP contribution >= 0.6 is 0 Å². The average molecular weight is 325 g/mol. The second kappa shape index (κ2) is 6.28. The Labute approximate surface area is 132 Å². The van der Waals surface area contributed by atoms with Gasteiger partial charge in [0, 0.05) is 18.2 Å². The second-order valence-corrected chi connectivity index (χ2v) is 8.01. The smallest absolute Gasteiger partial charge is 0.254 e. The van der Waals surface area contributed by atoms with Gasteiger partial charge in [0.1, 0.15) is 5.75 Å². The Balaban J connectivity index is 2.31. The van der Waals surface area contributed by atoms with Gasteiger partial charge < -0.3 is 9.64 Å². The van der Waals surface area contributed by atoms with Crippen molar-refractivity contribution in [3.05, 3.63) is 28.8 Å². The maximum Gasteiger partial charge on any atom is 0.254 e. The van der Waals surface area contributed by atoms with Crippen molar-refractivity contribution in [1.82, 2.24) is 4.90 Å². The molecular formula is C16H23NO4S. The van der Waals surface area contributed by atoms with Crippen molar-refractivity contribution in [2.45, 2.75) is 33.2 Å². The first-order chi connectivity index (χ1) is 10.3. The molecule has 0 saturated carbocycles. The summed E-state index contributed by atoms with van der Waals surface area (Å²) in [5.41, 5.74) is 2.35. The molecule has 1 atom stereocenters. The van der Waals surface area contributed by atoms with Gasteiger partial charge in [-0.05, 0) is 50.5 Å². The number of rotatable bonds is 4. The van der Waals surface area contributed by atoms with E-state index in [1.807, 2.05) is 32.9 Å². The lowest BCUT2D eigenvalue weighted by molar-refractivity contribution is 0.0707. The molecule has 1 aliphatic rings. The van der Waals surface area contributed by atoms with Gasteiger partial charge in [0.2, 0.25) is 0 Å². The summed E-state index contributed by atoms with van der Waals surface area (Å²) in [6, 6.07) is 3.45. The third-order valence-electron chi connectivity index (χ3n) is 4.22. The van der Waals surface area contributed by atoms with E-state index in [1.54, 1.807) is 12.0 Å². The van der Waals surface area contributed by atoms with Crippen LogP contribution in [0.4, 0.5) is 0 Å². The van der Waals surface area contributed by atoms with Crippen LogP contribution in [0.3, 0.4) is 0 Å². The highest BCUT2D eigenvalue weighted by Crippen LogP contribution is 2.25. The van der Waals surface area contributed by atoms with Gasteiger partial charge in [-0.25, -0.2) is 8.42 Å². The lowest BCUT2D eigenvalue weighted by Crippen LogP contribution is -2.41. The number of carbonyl (C=O) groups is 1. The lowest BCUT2D eigenvalue weighted by atomic mass is 10.0. The minimum atomic E-state index is -3.01. The van der Waals surface area contributed by atoms with Crippen molar-refractivity contribution in [3.63, 3.8) is 0 Å². The molecule has 1 unspecified atom stereocenters. The van der Waals surface area contributed by atoms with Crippen LogP contribution in [0.1, 0.15) is 34.8 Å². The first-order valence-electron chi connectivity index (χ1n) is 7.45. The van der Waals surface area contributed by atoms with Gasteiger partial charge >= 0.3 is 0 Å². The SMILES string of the molecule is CCN(C(=O)c1cc(C)c(OC)cc1C)C1CCS(=O)(=O)C1. The highest BCUT2D eigenvalue weighted by atomic mass is 32.2. The molecule has 1 aromatic rings. The normalized spacial score (nSPS) is 19.9. The molecule has 2 rings (SSSR count). The summed E-state index contributed by atoms with van der Waals surface area (Å²) in [4.78, 5) is 14.5. The van der Waals surface area contributed by atoms with Crippen LogP contribution in [0.25, 0.3) is 0 Å². The number of benzene rings is 1. The molecule has 0 aliphatic carbocycles. The minimum absolute atomic E-state index is 0.0702. The molecule has 6 heteroatoms. The fourth-order valence-corrected chi connectivity index (χ4v) is 4.71. The summed E-state index contributed by atoms with van der Waals surface area (Å²) in [6.07, 6.45) is 0.524. The monoisotopic (exact) mass is 325 g/mol. The van der Waals surface area contributed by atoms with E-state index in [-0.39, 0.29) is 23.5 Å². The second-order valence-electron chi connectivity index (χ2n) is 5.78. The minimum Gasteiger partial charge on any atom is -0.496 e. The van der Waals surface area contributed by atoms with Crippen LogP contribution in [-0.4, -0.2) is 50.4 Å². The van der Waals surface area contributed by atoms with E-state index < -0.39 is 9.84 Å². The number of ether oxygens (including phenoxy) is 1. The molecule has 1 aromatic carbocycles. The predicted octanol–water partition coefficient (Wildman–Crippen LogP) is 1.96. The maximum absolute atomic E-state index is 12.8. The number of sulfone groups is 1. The van der Waals surface area contributed by atoms with Crippen molar-refractivity contribution in [2.24, 2.45) is 0 Å². The summed E-state index contributed by atoms with van der Waals surface area (Å²) in [7, 11) is -1.41. The Morgan fingerprint density at radius 1 is 1.32 bits per heavy atom. The topological polar surface area (TPSA) is 63.7 Å². The molecule has 0 aromatic heterocycles. The standard InChI is InChI=1S/C16H23NO4S/c1-5-17(13-6-7-22(19,20)10-13)16(18)14-8-12(3)15(21-4)9-11(14)2/h8-9,13H,5-7,10H2,1-4H3. The number of hydrogen-bond acceptors (Lipinski definition) is 4. The third-order valence-corrected chi connectivity index (χ3v) is 5.97. The van der Waals surface area contributed by atoms with E-state index >= 15 is 0 Å². The van der Waals surface area contributed by atoms with Gasteiger partial charge in [-0.15, -0.1) is 0 Å². The van der Waals surface area contributed by atoms with Crippen LogP contribution in [0.2, 0.25) is 0 Å². The molecule has 1 fully saturated rings. The number of nitrogens with zero attached hydrogens (tertiary/aromatic N) is 1. The number of amides is 1. The van der Waals surface area contributed by atoms with Crippen molar-refractivity contribution in [1.29, 1.82) is 0 Å². The largest absolute Gasteiger partial charge is 0.496 e. The molecule has 0 N–H and O–H groups in total. The van der Waals surface area contributed by atoms with Gasteiger partial charge in [-0.3, -0.25) is 4.79 Å². The van der Waals surface area contributed by atoms with Gasteiger partial charge in [-0.2, -0.15) is 0 Å². The van der Waals surface area contributed by atoms with E-state index in [4.69, 9.17) is 4.74 Å². The van der Waals surface area contributed by atoms with Crippen LogP contribution in [0, 0.1) is 13.8 Å². The van der Waals surface area contributed by atoms with E-state index in [1.165, 1.54) is 0 Å². The van der Waals surface area contributed by atoms with Crippen molar-refractivity contribution < 1.29 is 17.9 Å². The molecule has 122 valence electrons. The quantitative estimate of drug-likeness (QED) is 0.849. The van der Waals surface area contributed by atoms with Crippen molar-refractivity contribution >= 4 is 15.7 Å². The lowest BCUT2D eigenvalue weighted by Gasteiger charge is -2.27. The summed E-state index contributed by atoms with van der Waals surface area (Å²) in [6.45, 7) is 6.15. The van der Waals surface area contributed by atoms with E-state index in [2.05, 4.69) is 0 Å². The van der Waals surface area contributed by atoms with E-state index in [0.29, 0.717) is 18.5 Å². The third kappa shape index (κ3) is 3.27. The molecule has 0 radical (unpaired) electrons. The number of carbonyl (C=O) groups excluding carboxylic acids is 1. The summed E-state index contributed by atoms with van der Waals surface area (Å²) >= 11 is 0. The molecule has 0 spiro atoms. The van der Waals surface area contributed by atoms with Crippen LogP contribution in [0.5, 0.6) is 5.75 Å². The predicted molar refractivity (Wildman–Crippen MR) is 86.2 cm³/mol. The van der Waals surface area contributed by atoms with Crippen LogP contribution in [-0.2, 0) is 9.84 Å².